The van der Waals surface area contributed by atoms with Gasteiger partial charge in [-0.3, -0.25) is 0 Å². The van der Waals surface area contributed by atoms with E-state index in [1.165, 1.54) is 0 Å². The second kappa shape index (κ2) is 11.2. The van der Waals surface area contributed by atoms with Crippen LogP contribution in [0.25, 0.3) is 0 Å². The number of halogens is 2. The average molecular weight is 499 g/mol. The Labute approximate surface area is 206 Å². The highest BCUT2D eigenvalue weighted by atomic mass is 35.5. The highest BCUT2D eigenvalue weighted by Crippen LogP contribution is 2.29. The molecule has 0 radical (unpaired) electrons. The SMILES string of the molecule is COc1cc(/C=N/n2cnnc2SCc2ccc(Cl)cc2)ccc1OCc1ccc(Cl)cc1. The summed E-state index contributed by atoms with van der Waals surface area (Å²) in [5.41, 5.74) is 3.01. The van der Waals surface area contributed by atoms with Gasteiger partial charge in [-0.05, 0) is 59.2 Å². The molecule has 0 atom stereocenters. The first kappa shape index (κ1) is 23.2. The van der Waals surface area contributed by atoms with Crippen molar-refractivity contribution in [2.75, 3.05) is 7.11 Å². The Morgan fingerprint density at radius 1 is 0.939 bits per heavy atom. The monoisotopic (exact) mass is 498 g/mol. The number of nitrogens with zero attached hydrogens (tertiary/aromatic N) is 4. The van der Waals surface area contributed by atoms with Crippen LogP contribution >= 0.6 is 35.0 Å². The number of ether oxygens (including phenoxy) is 2. The Bertz CT molecular complexity index is 1230. The van der Waals surface area contributed by atoms with Crippen LogP contribution in [0.4, 0.5) is 0 Å². The van der Waals surface area contributed by atoms with E-state index in [9.17, 15) is 0 Å². The first-order chi connectivity index (χ1) is 16.1. The molecule has 0 unspecified atom stereocenters. The summed E-state index contributed by atoms with van der Waals surface area (Å²) in [4.78, 5) is 0. The molecule has 0 spiro atoms. The summed E-state index contributed by atoms with van der Waals surface area (Å²) in [6.45, 7) is 0.413. The molecule has 1 heterocycles. The van der Waals surface area contributed by atoms with E-state index in [1.807, 2.05) is 66.7 Å². The fourth-order valence-corrected chi connectivity index (χ4v) is 3.95. The second-order valence-electron chi connectivity index (χ2n) is 6.94. The zero-order valence-electron chi connectivity index (χ0n) is 17.7. The van der Waals surface area contributed by atoms with Crippen molar-refractivity contribution in [3.05, 3.63) is 99.8 Å². The van der Waals surface area contributed by atoms with E-state index in [1.54, 1.807) is 36.1 Å². The number of benzene rings is 3. The molecule has 4 aromatic rings. The zero-order chi connectivity index (χ0) is 23.0. The van der Waals surface area contributed by atoms with Gasteiger partial charge in [-0.15, -0.1) is 10.2 Å². The van der Waals surface area contributed by atoms with E-state index < -0.39 is 0 Å². The van der Waals surface area contributed by atoms with E-state index in [-0.39, 0.29) is 0 Å². The lowest BCUT2D eigenvalue weighted by atomic mass is 10.2. The topological polar surface area (TPSA) is 61.5 Å². The van der Waals surface area contributed by atoms with Crippen LogP contribution in [0.5, 0.6) is 11.5 Å². The van der Waals surface area contributed by atoms with E-state index >= 15 is 0 Å². The first-order valence-corrected chi connectivity index (χ1v) is 11.7. The molecule has 9 heteroatoms. The quantitative estimate of drug-likeness (QED) is 0.199. The van der Waals surface area contributed by atoms with Crippen LogP contribution in [0.2, 0.25) is 10.0 Å². The Hall–Kier alpha value is -3.00. The summed E-state index contributed by atoms with van der Waals surface area (Å²) >= 11 is 13.4. The Kier molecular flexibility index (Phi) is 7.88. The molecule has 0 saturated carbocycles. The maximum atomic E-state index is 5.94. The minimum Gasteiger partial charge on any atom is -0.493 e. The van der Waals surface area contributed by atoms with E-state index in [4.69, 9.17) is 32.7 Å². The van der Waals surface area contributed by atoms with E-state index in [0.717, 1.165) is 22.4 Å². The number of hydrogen-bond acceptors (Lipinski definition) is 6. The van der Waals surface area contributed by atoms with Crippen molar-refractivity contribution in [2.24, 2.45) is 5.10 Å². The molecule has 1 aromatic heterocycles. The summed E-state index contributed by atoms with van der Waals surface area (Å²) in [5, 5.41) is 14.7. The first-order valence-electron chi connectivity index (χ1n) is 9.97. The Balaban J connectivity index is 1.40. The minimum absolute atomic E-state index is 0.413. The molecule has 0 bridgehead atoms. The van der Waals surface area contributed by atoms with Gasteiger partial charge < -0.3 is 9.47 Å². The molecule has 3 aromatic carbocycles. The molecular formula is C24H20Cl2N4O2S. The molecule has 0 aliphatic rings. The number of rotatable bonds is 9. The van der Waals surface area contributed by atoms with Crippen molar-refractivity contribution in [3.63, 3.8) is 0 Å². The number of methoxy groups -OCH3 is 1. The standard InChI is InChI=1S/C24H20Cl2N4O2S/c1-31-23-12-19(6-11-22(23)32-14-17-2-7-20(25)8-3-17)13-28-30-16-27-29-24(30)33-15-18-4-9-21(26)10-5-18/h2-13,16H,14-15H2,1H3/b28-13+. The molecule has 0 amide bonds. The summed E-state index contributed by atoms with van der Waals surface area (Å²) < 4.78 is 13.0. The number of aromatic nitrogens is 3. The fraction of sp³-hybridized carbons (Fsp3) is 0.125. The van der Waals surface area contributed by atoms with Crippen molar-refractivity contribution < 1.29 is 9.47 Å². The summed E-state index contributed by atoms with van der Waals surface area (Å²) in [6, 6.07) is 20.9. The van der Waals surface area contributed by atoms with Crippen LogP contribution in [0, 0.1) is 0 Å². The summed E-state index contributed by atoms with van der Waals surface area (Å²) in [6.07, 6.45) is 3.29. The lowest BCUT2D eigenvalue weighted by Crippen LogP contribution is -1.99. The normalized spacial score (nSPS) is 11.1. The zero-order valence-corrected chi connectivity index (χ0v) is 20.0. The molecule has 6 nitrogen and oxygen atoms in total. The molecule has 0 N–H and O–H groups in total. The van der Waals surface area contributed by atoms with Crippen molar-refractivity contribution >= 4 is 41.2 Å². The predicted molar refractivity (Wildman–Crippen MR) is 133 cm³/mol. The number of thioether (sulfide) groups is 1. The molecule has 33 heavy (non-hydrogen) atoms. The molecule has 0 saturated heterocycles. The molecule has 168 valence electrons. The van der Waals surface area contributed by atoms with Crippen LogP contribution in [-0.2, 0) is 12.4 Å². The van der Waals surface area contributed by atoms with Crippen LogP contribution in [0.1, 0.15) is 16.7 Å². The van der Waals surface area contributed by atoms with Gasteiger partial charge in [-0.25, -0.2) is 0 Å². The molecule has 0 fully saturated rings. The molecular weight excluding hydrogens is 479 g/mol. The lowest BCUT2D eigenvalue weighted by molar-refractivity contribution is 0.284. The predicted octanol–water partition coefficient (Wildman–Crippen LogP) is 6.35. The second-order valence-corrected chi connectivity index (χ2v) is 8.76. The highest BCUT2D eigenvalue weighted by Gasteiger charge is 2.07. The van der Waals surface area contributed by atoms with Crippen molar-refractivity contribution in [3.8, 4) is 11.5 Å². The highest BCUT2D eigenvalue weighted by molar-refractivity contribution is 7.98. The maximum Gasteiger partial charge on any atom is 0.212 e. The van der Waals surface area contributed by atoms with Crippen LogP contribution in [0.15, 0.2) is 83.3 Å². The molecule has 0 aliphatic heterocycles. The Morgan fingerprint density at radius 3 is 2.33 bits per heavy atom. The largest absolute Gasteiger partial charge is 0.493 e. The lowest BCUT2D eigenvalue weighted by Gasteiger charge is -2.11. The molecule has 0 aliphatic carbocycles. The van der Waals surface area contributed by atoms with Crippen LogP contribution < -0.4 is 9.47 Å². The van der Waals surface area contributed by atoms with Gasteiger partial charge in [0, 0.05) is 15.8 Å². The van der Waals surface area contributed by atoms with Gasteiger partial charge in [0.05, 0.1) is 13.3 Å². The van der Waals surface area contributed by atoms with Gasteiger partial charge in [-0.1, -0.05) is 59.2 Å². The smallest absolute Gasteiger partial charge is 0.212 e. The average Bonchev–Trinajstić information content (AvgIpc) is 3.29. The summed E-state index contributed by atoms with van der Waals surface area (Å²) in [7, 11) is 1.61. The minimum atomic E-state index is 0.413. The Morgan fingerprint density at radius 2 is 1.64 bits per heavy atom. The van der Waals surface area contributed by atoms with Gasteiger partial charge in [0.2, 0.25) is 5.16 Å². The van der Waals surface area contributed by atoms with Crippen LogP contribution in [0.3, 0.4) is 0 Å². The van der Waals surface area contributed by atoms with E-state index in [2.05, 4.69) is 15.3 Å². The van der Waals surface area contributed by atoms with Crippen molar-refractivity contribution in [2.45, 2.75) is 17.5 Å². The van der Waals surface area contributed by atoms with Gasteiger partial charge in [0.15, 0.2) is 11.5 Å². The summed E-state index contributed by atoms with van der Waals surface area (Å²) in [5.74, 6) is 2.00. The maximum absolute atomic E-state index is 5.94. The number of hydrogen-bond donors (Lipinski definition) is 0. The third kappa shape index (κ3) is 6.51. The van der Waals surface area contributed by atoms with Gasteiger partial charge in [-0.2, -0.15) is 9.78 Å². The van der Waals surface area contributed by atoms with Gasteiger partial charge >= 0.3 is 0 Å². The third-order valence-corrected chi connectivity index (χ3v) is 6.12. The third-order valence-electron chi connectivity index (χ3n) is 4.61. The molecule has 4 rings (SSSR count). The van der Waals surface area contributed by atoms with Crippen LogP contribution in [-0.4, -0.2) is 28.2 Å². The van der Waals surface area contributed by atoms with Gasteiger partial charge in [0.1, 0.15) is 12.9 Å². The van der Waals surface area contributed by atoms with Gasteiger partial charge in [0.25, 0.3) is 0 Å². The fourth-order valence-electron chi connectivity index (χ4n) is 2.88. The van der Waals surface area contributed by atoms with Crippen molar-refractivity contribution in [1.82, 2.24) is 14.9 Å². The van der Waals surface area contributed by atoms with Crippen molar-refractivity contribution in [1.29, 1.82) is 0 Å². The van der Waals surface area contributed by atoms with E-state index in [0.29, 0.717) is 33.3 Å².